The third kappa shape index (κ3) is 3.27. The van der Waals surface area contributed by atoms with Crippen LogP contribution in [0, 0.1) is 0 Å². The summed E-state index contributed by atoms with van der Waals surface area (Å²) < 4.78 is 19.2. The number of rotatable bonds is 4. The normalized spacial score (nSPS) is 14.1. The van der Waals surface area contributed by atoms with Gasteiger partial charge in [0.25, 0.3) is 0 Å². The van der Waals surface area contributed by atoms with Gasteiger partial charge in [-0.1, -0.05) is 48.5 Å². The Hall–Kier alpha value is -5.11. The lowest BCUT2D eigenvalue weighted by Crippen LogP contribution is -2.15. The van der Waals surface area contributed by atoms with Crippen molar-refractivity contribution < 1.29 is 19.3 Å². The van der Waals surface area contributed by atoms with Crippen LogP contribution in [0.15, 0.2) is 85.2 Å². The lowest BCUT2D eigenvalue weighted by atomic mass is 9.81. The van der Waals surface area contributed by atoms with Crippen molar-refractivity contribution in [3.63, 3.8) is 0 Å². The monoisotopic (exact) mass is 502 g/mol. The zero-order valence-corrected chi connectivity index (χ0v) is 20.6. The van der Waals surface area contributed by atoms with Crippen LogP contribution in [-0.2, 0) is 0 Å². The fourth-order valence-corrected chi connectivity index (χ4v) is 5.25. The van der Waals surface area contributed by atoms with Crippen LogP contribution in [0.1, 0.15) is 22.6 Å². The molecule has 38 heavy (non-hydrogen) atoms. The molecular formula is C30H22N4O4. The second-order valence-electron chi connectivity index (χ2n) is 9.03. The second-order valence-corrected chi connectivity index (χ2v) is 9.03. The molecule has 0 fully saturated rings. The lowest BCUT2D eigenvalue weighted by Gasteiger charge is -2.29. The number of phenolic OH excluding ortho intramolecular Hbond substituents is 1. The van der Waals surface area contributed by atoms with Gasteiger partial charge in [0, 0.05) is 11.5 Å². The van der Waals surface area contributed by atoms with Crippen molar-refractivity contribution in [2.24, 2.45) is 0 Å². The Morgan fingerprint density at radius 1 is 0.868 bits per heavy atom. The number of benzene rings is 4. The summed E-state index contributed by atoms with van der Waals surface area (Å²) >= 11 is 0. The first-order chi connectivity index (χ1) is 18.7. The first-order valence-electron chi connectivity index (χ1n) is 12.1. The molecule has 7 rings (SSSR count). The molecule has 4 aromatic carbocycles. The summed E-state index contributed by atoms with van der Waals surface area (Å²) in [4.78, 5) is 9.51. The summed E-state index contributed by atoms with van der Waals surface area (Å²) in [6.45, 7) is 0. The third-order valence-corrected chi connectivity index (χ3v) is 6.99. The molecule has 1 unspecified atom stereocenters. The van der Waals surface area contributed by atoms with Crippen LogP contribution in [0.4, 0.5) is 0 Å². The Labute approximate surface area is 217 Å². The van der Waals surface area contributed by atoms with Crippen molar-refractivity contribution in [1.29, 1.82) is 0 Å². The zero-order chi connectivity index (χ0) is 25.8. The fourth-order valence-electron chi connectivity index (χ4n) is 5.25. The van der Waals surface area contributed by atoms with Crippen molar-refractivity contribution in [1.82, 2.24) is 19.6 Å². The minimum atomic E-state index is -0.294. The van der Waals surface area contributed by atoms with Crippen LogP contribution in [0.3, 0.4) is 0 Å². The van der Waals surface area contributed by atoms with Gasteiger partial charge in [-0.15, -0.1) is 5.10 Å². The average Bonchev–Trinajstić information content (AvgIpc) is 3.40. The van der Waals surface area contributed by atoms with Gasteiger partial charge in [-0.25, -0.2) is 14.5 Å². The van der Waals surface area contributed by atoms with Crippen LogP contribution >= 0.6 is 0 Å². The fraction of sp³-hybridized carbons (Fsp3) is 0.100. The molecular weight excluding hydrogens is 480 g/mol. The summed E-state index contributed by atoms with van der Waals surface area (Å²) in [5.74, 6) is 2.66. The van der Waals surface area contributed by atoms with Crippen LogP contribution in [0.2, 0.25) is 0 Å². The maximum atomic E-state index is 10.5. The molecule has 1 aliphatic rings. The molecule has 1 atom stereocenters. The predicted octanol–water partition coefficient (Wildman–Crippen LogP) is 5.95. The molecule has 0 aliphatic carbocycles. The van der Waals surface area contributed by atoms with E-state index in [0.29, 0.717) is 34.4 Å². The van der Waals surface area contributed by atoms with E-state index in [9.17, 15) is 5.11 Å². The van der Waals surface area contributed by atoms with E-state index in [2.05, 4.69) is 28.3 Å². The first-order valence-corrected chi connectivity index (χ1v) is 12.1. The number of aromatic nitrogens is 4. The Morgan fingerprint density at radius 2 is 1.68 bits per heavy atom. The first kappa shape index (κ1) is 22.1. The molecule has 0 saturated heterocycles. The second kappa shape index (κ2) is 8.48. The van der Waals surface area contributed by atoms with Gasteiger partial charge in [0.2, 0.25) is 5.88 Å². The highest BCUT2D eigenvalue weighted by Crippen LogP contribution is 2.51. The van der Waals surface area contributed by atoms with Crippen molar-refractivity contribution in [2.75, 3.05) is 14.2 Å². The van der Waals surface area contributed by atoms with E-state index in [1.54, 1.807) is 43.3 Å². The van der Waals surface area contributed by atoms with Gasteiger partial charge < -0.3 is 19.3 Å². The molecule has 1 aliphatic heterocycles. The number of methoxy groups -OCH3 is 2. The molecule has 0 amide bonds. The van der Waals surface area contributed by atoms with Gasteiger partial charge in [-0.05, 0) is 46.7 Å². The highest BCUT2D eigenvalue weighted by molar-refractivity contribution is 5.91. The van der Waals surface area contributed by atoms with Gasteiger partial charge in [-0.3, -0.25) is 0 Å². The standard InChI is InChI=1S/C30H22N4O4/c1-36-22-13-12-18(15-24(22)37-2)25-26-19-8-4-3-7-17(19)11-14-23(26)38-30-27(25)29-32-28(33-34(29)16-31-30)20-9-5-6-10-21(20)35/h3-16,25,35H,1-2H3. The van der Waals surface area contributed by atoms with Gasteiger partial charge in [0.15, 0.2) is 23.0 Å². The molecule has 2 aromatic heterocycles. The van der Waals surface area contributed by atoms with Crippen molar-refractivity contribution in [3.05, 3.63) is 102 Å². The maximum Gasteiger partial charge on any atom is 0.228 e. The van der Waals surface area contributed by atoms with Gasteiger partial charge in [-0.2, -0.15) is 0 Å². The van der Waals surface area contributed by atoms with E-state index in [-0.39, 0.29) is 11.7 Å². The highest BCUT2D eigenvalue weighted by atomic mass is 16.5. The maximum absolute atomic E-state index is 10.5. The summed E-state index contributed by atoms with van der Waals surface area (Å²) in [5, 5.41) is 17.3. The SMILES string of the molecule is COc1ccc(C2c3c(ccc4ccccc34)Oc3ncn4nc(-c5ccccc5O)nc4c32)cc1OC. The minimum absolute atomic E-state index is 0.106. The number of ether oxygens (including phenoxy) is 3. The topological polar surface area (TPSA) is 91.0 Å². The molecule has 0 radical (unpaired) electrons. The summed E-state index contributed by atoms with van der Waals surface area (Å²) in [5.41, 5.74) is 3.87. The largest absolute Gasteiger partial charge is 0.507 e. The summed E-state index contributed by atoms with van der Waals surface area (Å²) in [6, 6.07) is 25.2. The Balaban J connectivity index is 1.54. The minimum Gasteiger partial charge on any atom is -0.507 e. The van der Waals surface area contributed by atoms with Gasteiger partial charge in [0.05, 0.1) is 25.3 Å². The Morgan fingerprint density at radius 3 is 2.53 bits per heavy atom. The molecule has 186 valence electrons. The van der Waals surface area contributed by atoms with Crippen molar-refractivity contribution >= 4 is 16.4 Å². The number of hydrogen-bond acceptors (Lipinski definition) is 7. The van der Waals surface area contributed by atoms with E-state index >= 15 is 0 Å². The van der Waals surface area contributed by atoms with E-state index < -0.39 is 0 Å². The number of phenols is 1. The lowest BCUT2D eigenvalue weighted by molar-refractivity contribution is 0.354. The average molecular weight is 503 g/mol. The number of nitrogens with zero attached hydrogens (tertiary/aromatic N) is 4. The zero-order valence-electron chi connectivity index (χ0n) is 20.6. The Kier molecular flexibility index (Phi) is 4.94. The summed E-state index contributed by atoms with van der Waals surface area (Å²) in [6.07, 6.45) is 1.59. The molecule has 3 heterocycles. The quantitative estimate of drug-likeness (QED) is 0.318. The smallest absolute Gasteiger partial charge is 0.228 e. The predicted molar refractivity (Wildman–Crippen MR) is 142 cm³/mol. The number of hydrogen-bond donors (Lipinski definition) is 1. The highest BCUT2D eigenvalue weighted by Gasteiger charge is 2.35. The van der Waals surface area contributed by atoms with E-state index in [0.717, 1.165) is 33.2 Å². The van der Waals surface area contributed by atoms with Gasteiger partial charge >= 0.3 is 0 Å². The number of aromatic hydroxyl groups is 1. The van der Waals surface area contributed by atoms with Crippen LogP contribution in [0.5, 0.6) is 28.9 Å². The molecule has 1 N–H and O–H groups in total. The molecule has 0 saturated carbocycles. The molecule has 8 heteroatoms. The van der Waals surface area contributed by atoms with E-state index in [1.807, 2.05) is 42.5 Å². The number of para-hydroxylation sites is 1. The third-order valence-electron chi connectivity index (χ3n) is 6.99. The van der Waals surface area contributed by atoms with Crippen LogP contribution in [0.25, 0.3) is 27.8 Å². The molecule has 8 nitrogen and oxygen atoms in total. The van der Waals surface area contributed by atoms with E-state index in [4.69, 9.17) is 19.2 Å². The number of fused-ring (bicyclic) bond motifs is 6. The van der Waals surface area contributed by atoms with Crippen molar-refractivity contribution in [2.45, 2.75) is 5.92 Å². The van der Waals surface area contributed by atoms with Crippen LogP contribution in [-0.4, -0.2) is 38.9 Å². The van der Waals surface area contributed by atoms with Crippen molar-refractivity contribution in [3.8, 4) is 40.3 Å². The molecule has 0 bridgehead atoms. The van der Waals surface area contributed by atoms with Crippen LogP contribution < -0.4 is 14.2 Å². The Bertz CT molecular complexity index is 1860. The summed E-state index contributed by atoms with van der Waals surface area (Å²) in [7, 11) is 3.24. The molecule has 6 aromatic rings. The van der Waals surface area contributed by atoms with E-state index in [1.165, 1.54) is 0 Å². The molecule has 0 spiro atoms. The van der Waals surface area contributed by atoms with Gasteiger partial charge in [0.1, 0.15) is 17.8 Å².